The molecule has 0 saturated carbocycles. The van der Waals surface area contributed by atoms with Crippen LogP contribution in [0.4, 0.5) is 5.95 Å². The van der Waals surface area contributed by atoms with Gasteiger partial charge < -0.3 is 15.1 Å². The molecule has 0 bridgehead atoms. The summed E-state index contributed by atoms with van der Waals surface area (Å²) < 4.78 is 0. The van der Waals surface area contributed by atoms with Crippen LogP contribution < -0.4 is 5.32 Å². The Bertz CT molecular complexity index is 961. The second-order valence-corrected chi connectivity index (χ2v) is 8.82. The Morgan fingerprint density at radius 2 is 1.97 bits per heavy atom. The summed E-state index contributed by atoms with van der Waals surface area (Å²) in [5, 5.41) is 2.88. The molecule has 3 heterocycles. The van der Waals surface area contributed by atoms with E-state index in [0.717, 1.165) is 31.2 Å². The van der Waals surface area contributed by atoms with Crippen molar-refractivity contribution in [3.05, 3.63) is 53.3 Å². The number of carbonyl (C=O) groups excluding carboxylic acids is 2. The van der Waals surface area contributed by atoms with Crippen molar-refractivity contribution < 1.29 is 9.59 Å². The zero-order chi connectivity index (χ0) is 22.0. The molecule has 2 amide bonds. The first-order valence-corrected chi connectivity index (χ1v) is 11.1. The molecule has 1 N–H and O–H groups in total. The van der Waals surface area contributed by atoms with Gasteiger partial charge in [-0.15, -0.1) is 0 Å². The number of likely N-dealkylation sites (tertiary alicyclic amines) is 2. The molecule has 31 heavy (non-hydrogen) atoms. The lowest BCUT2D eigenvalue weighted by atomic mass is 9.84. The summed E-state index contributed by atoms with van der Waals surface area (Å²) in [6, 6.07) is 8.21. The second kappa shape index (κ2) is 8.65. The summed E-state index contributed by atoms with van der Waals surface area (Å²) in [5.74, 6) is 0.621. The third-order valence-electron chi connectivity index (χ3n) is 6.96. The number of nitrogens with one attached hydrogen (secondary N) is 1. The SMILES string of the molecule is CNc1ncc(C(=O)N2CC[C@]3(C)[C@H]2CCCCC(=O)N3Cc2ccccc2C)cn1. The Kier molecular flexibility index (Phi) is 5.94. The minimum atomic E-state index is -0.388. The van der Waals surface area contributed by atoms with Gasteiger partial charge in [0.25, 0.3) is 5.91 Å². The second-order valence-electron chi connectivity index (χ2n) is 8.82. The number of fused-ring (bicyclic) bond motifs is 1. The number of rotatable bonds is 4. The van der Waals surface area contributed by atoms with Crippen LogP contribution in [0.5, 0.6) is 0 Å². The first-order chi connectivity index (χ1) is 14.9. The molecule has 2 aromatic rings. The molecule has 0 unspecified atom stereocenters. The Morgan fingerprint density at radius 1 is 1.23 bits per heavy atom. The van der Waals surface area contributed by atoms with Crippen LogP contribution in [0.2, 0.25) is 0 Å². The Labute approximate surface area is 183 Å². The van der Waals surface area contributed by atoms with Crippen LogP contribution >= 0.6 is 0 Å². The maximum absolute atomic E-state index is 13.4. The van der Waals surface area contributed by atoms with E-state index >= 15 is 0 Å². The third-order valence-corrected chi connectivity index (χ3v) is 6.96. The molecule has 2 aliphatic heterocycles. The number of anilines is 1. The molecule has 0 spiro atoms. The highest BCUT2D eigenvalue weighted by Gasteiger charge is 2.51. The van der Waals surface area contributed by atoms with Gasteiger partial charge in [-0.25, -0.2) is 9.97 Å². The van der Waals surface area contributed by atoms with Gasteiger partial charge >= 0.3 is 0 Å². The zero-order valence-corrected chi connectivity index (χ0v) is 18.6. The third kappa shape index (κ3) is 4.01. The van der Waals surface area contributed by atoms with Crippen molar-refractivity contribution >= 4 is 17.8 Å². The van der Waals surface area contributed by atoms with Gasteiger partial charge in [-0.3, -0.25) is 9.59 Å². The van der Waals surface area contributed by atoms with Crippen LogP contribution in [0, 0.1) is 6.92 Å². The van der Waals surface area contributed by atoms with E-state index in [0.29, 0.717) is 31.0 Å². The van der Waals surface area contributed by atoms with Crippen molar-refractivity contribution in [2.45, 2.75) is 64.1 Å². The van der Waals surface area contributed by atoms with E-state index in [1.165, 1.54) is 5.56 Å². The topological polar surface area (TPSA) is 78.4 Å². The summed E-state index contributed by atoms with van der Waals surface area (Å²) in [6.07, 6.45) is 7.21. The average molecular weight is 422 g/mol. The predicted octanol–water partition coefficient (Wildman–Crippen LogP) is 3.40. The summed E-state index contributed by atoms with van der Waals surface area (Å²) >= 11 is 0. The molecule has 2 aliphatic rings. The van der Waals surface area contributed by atoms with Gasteiger partial charge in [0.1, 0.15) is 0 Å². The lowest BCUT2D eigenvalue weighted by Gasteiger charge is -2.45. The maximum Gasteiger partial charge on any atom is 0.257 e. The molecule has 2 fully saturated rings. The summed E-state index contributed by atoms with van der Waals surface area (Å²) in [7, 11) is 1.75. The normalized spacial score (nSPS) is 23.8. The molecule has 0 aliphatic carbocycles. The van der Waals surface area contributed by atoms with Crippen LogP contribution in [-0.4, -0.2) is 56.8 Å². The van der Waals surface area contributed by atoms with E-state index in [-0.39, 0.29) is 23.4 Å². The van der Waals surface area contributed by atoms with Crippen molar-refractivity contribution in [2.75, 3.05) is 18.9 Å². The molecule has 1 aromatic heterocycles. The van der Waals surface area contributed by atoms with Crippen LogP contribution in [0.3, 0.4) is 0 Å². The standard InChI is InChI=1S/C24H31N5O2/c1-17-8-4-5-9-18(17)16-29-21(30)11-7-6-10-20-24(29,2)12-13-28(20)22(31)19-14-26-23(25-3)27-15-19/h4-5,8-9,14-15,20H,6-7,10-13,16H2,1-3H3,(H,25,26,27)/t20-,24-/m1/s1. The van der Waals surface area contributed by atoms with E-state index in [4.69, 9.17) is 0 Å². The lowest BCUT2D eigenvalue weighted by Crippen LogP contribution is -2.58. The highest BCUT2D eigenvalue weighted by molar-refractivity contribution is 5.94. The number of aryl methyl sites for hydroxylation is 1. The minimum Gasteiger partial charge on any atom is -0.357 e. The van der Waals surface area contributed by atoms with Crippen LogP contribution in [-0.2, 0) is 11.3 Å². The minimum absolute atomic E-state index is 0.0164. The molecule has 164 valence electrons. The number of hydrogen-bond acceptors (Lipinski definition) is 5. The van der Waals surface area contributed by atoms with Crippen molar-refractivity contribution in [1.82, 2.24) is 19.8 Å². The van der Waals surface area contributed by atoms with E-state index in [9.17, 15) is 9.59 Å². The van der Waals surface area contributed by atoms with Crippen molar-refractivity contribution in [1.29, 1.82) is 0 Å². The molecule has 1 aromatic carbocycles. The molecule has 0 radical (unpaired) electrons. The average Bonchev–Trinajstić information content (AvgIpc) is 3.11. The zero-order valence-electron chi connectivity index (χ0n) is 18.6. The number of aromatic nitrogens is 2. The molecule has 2 atom stereocenters. The van der Waals surface area contributed by atoms with Crippen molar-refractivity contribution in [2.24, 2.45) is 0 Å². The fourth-order valence-electron chi connectivity index (χ4n) is 5.02. The molecule has 7 nitrogen and oxygen atoms in total. The molecular formula is C24H31N5O2. The lowest BCUT2D eigenvalue weighted by molar-refractivity contribution is -0.140. The Balaban J connectivity index is 1.64. The fourth-order valence-corrected chi connectivity index (χ4v) is 5.02. The summed E-state index contributed by atoms with van der Waals surface area (Å²) in [4.78, 5) is 39.0. The molecule has 2 saturated heterocycles. The van der Waals surface area contributed by atoms with E-state index < -0.39 is 0 Å². The Hall–Kier alpha value is -2.96. The first kappa shape index (κ1) is 21.3. The van der Waals surface area contributed by atoms with Gasteiger partial charge in [0.05, 0.1) is 17.1 Å². The number of amides is 2. The number of carbonyl (C=O) groups is 2. The van der Waals surface area contributed by atoms with Crippen molar-refractivity contribution in [3.8, 4) is 0 Å². The summed E-state index contributed by atoms with van der Waals surface area (Å²) in [5.41, 5.74) is 2.45. The van der Waals surface area contributed by atoms with Gasteiger partial charge in [0.2, 0.25) is 11.9 Å². The largest absolute Gasteiger partial charge is 0.357 e. The van der Waals surface area contributed by atoms with Gasteiger partial charge in [-0.1, -0.05) is 30.7 Å². The molecular weight excluding hydrogens is 390 g/mol. The van der Waals surface area contributed by atoms with E-state index in [2.05, 4.69) is 41.3 Å². The smallest absolute Gasteiger partial charge is 0.257 e. The number of hydrogen-bond donors (Lipinski definition) is 1. The maximum atomic E-state index is 13.4. The van der Waals surface area contributed by atoms with Gasteiger partial charge in [0.15, 0.2) is 0 Å². The monoisotopic (exact) mass is 421 g/mol. The number of nitrogens with zero attached hydrogens (tertiary/aromatic N) is 4. The van der Waals surface area contributed by atoms with Crippen LogP contribution in [0.15, 0.2) is 36.7 Å². The van der Waals surface area contributed by atoms with Gasteiger partial charge in [0, 0.05) is 39.0 Å². The van der Waals surface area contributed by atoms with Crippen molar-refractivity contribution in [3.63, 3.8) is 0 Å². The first-order valence-electron chi connectivity index (χ1n) is 11.1. The van der Waals surface area contributed by atoms with E-state index in [1.807, 2.05) is 21.9 Å². The van der Waals surface area contributed by atoms with Crippen LogP contribution in [0.25, 0.3) is 0 Å². The van der Waals surface area contributed by atoms with E-state index in [1.54, 1.807) is 19.4 Å². The van der Waals surface area contributed by atoms with Gasteiger partial charge in [-0.05, 0) is 44.2 Å². The highest BCUT2D eigenvalue weighted by Crippen LogP contribution is 2.40. The number of benzene rings is 1. The van der Waals surface area contributed by atoms with Crippen LogP contribution in [0.1, 0.15) is 60.5 Å². The summed E-state index contributed by atoms with van der Waals surface area (Å²) in [6.45, 7) is 5.46. The Morgan fingerprint density at radius 3 is 2.68 bits per heavy atom. The highest BCUT2D eigenvalue weighted by atomic mass is 16.2. The fraction of sp³-hybridized carbons (Fsp3) is 0.500. The molecule has 4 rings (SSSR count). The predicted molar refractivity (Wildman–Crippen MR) is 120 cm³/mol. The molecule has 7 heteroatoms. The van der Waals surface area contributed by atoms with Gasteiger partial charge in [-0.2, -0.15) is 0 Å². The quantitative estimate of drug-likeness (QED) is 0.819.